The van der Waals surface area contributed by atoms with Gasteiger partial charge in [-0.2, -0.15) is 0 Å². The molecular weight excluding hydrogens is 356 g/mol. The third-order valence-corrected chi connectivity index (χ3v) is 5.39. The number of Topliss-reactive ketones (excluding diaryl/α,β-unsaturated/α-hetero) is 1. The van der Waals surface area contributed by atoms with Crippen LogP contribution in [0.5, 0.6) is 0 Å². The van der Waals surface area contributed by atoms with E-state index in [0.717, 1.165) is 35.4 Å². The van der Waals surface area contributed by atoms with Crippen LogP contribution in [0, 0.1) is 6.92 Å². The minimum atomic E-state index is -0.465. The number of ketones is 1. The molecular formula is C22H26N2O4. The Hall–Kier alpha value is -2.89. The van der Waals surface area contributed by atoms with Crippen molar-refractivity contribution in [2.75, 3.05) is 20.7 Å². The van der Waals surface area contributed by atoms with Gasteiger partial charge in [-0.3, -0.25) is 14.4 Å². The van der Waals surface area contributed by atoms with E-state index in [-0.39, 0.29) is 24.7 Å². The molecule has 28 heavy (non-hydrogen) atoms. The summed E-state index contributed by atoms with van der Waals surface area (Å²) in [5.41, 5.74) is 4.62. The number of carbonyl (C=O) groups is 3. The molecule has 1 aromatic heterocycles. The molecule has 2 aromatic rings. The van der Waals surface area contributed by atoms with E-state index in [1.807, 2.05) is 25.1 Å². The first kappa shape index (κ1) is 19.9. The Morgan fingerprint density at radius 2 is 1.89 bits per heavy atom. The SMILES string of the molecule is COC(=O)CN(C)C(=O)Cc1c2c(n(Cc3ccccc3)c1C)CCCC2=O. The first-order chi connectivity index (χ1) is 13.4. The van der Waals surface area contributed by atoms with E-state index in [4.69, 9.17) is 0 Å². The van der Waals surface area contributed by atoms with Crippen LogP contribution in [0.3, 0.4) is 0 Å². The molecule has 0 spiro atoms. The van der Waals surface area contributed by atoms with E-state index in [1.54, 1.807) is 7.05 Å². The Bertz CT molecular complexity index is 899. The molecule has 1 aliphatic carbocycles. The zero-order valence-electron chi connectivity index (χ0n) is 16.7. The van der Waals surface area contributed by atoms with Gasteiger partial charge in [0, 0.05) is 37.0 Å². The van der Waals surface area contributed by atoms with Gasteiger partial charge in [-0.15, -0.1) is 0 Å². The summed E-state index contributed by atoms with van der Waals surface area (Å²) in [6.45, 7) is 2.54. The first-order valence-electron chi connectivity index (χ1n) is 9.51. The number of nitrogens with zero attached hydrogens (tertiary/aromatic N) is 2. The van der Waals surface area contributed by atoms with E-state index in [1.165, 1.54) is 12.0 Å². The van der Waals surface area contributed by atoms with Gasteiger partial charge in [0.2, 0.25) is 5.91 Å². The summed E-state index contributed by atoms with van der Waals surface area (Å²) >= 11 is 0. The van der Waals surface area contributed by atoms with Crippen LogP contribution in [0.1, 0.15) is 45.7 Å². The fraction of sp³-hybridized carbons (Fsp3) is 0.409. The number of amides is 1. The Balaban J connectivity index is 1.93. The number of hydrogen-bond donors (Lipinski definition) is 0. The molecule has 0 N–H and O–H groups in total. The molecule has 0 unspecified atom stereocenters. The van der Waals surface area contributed by atoms with Crippen LogP contribution in [0.2, 0.25) is 0 Å². The molecule has 6 nitrogen and oxygen atoms in total. The van der Waals surface area contributed by atoms with E-state index in [0.29, 0.717) is 18.5 Å². The highest BCUT2D eigenvalue weighted by Crippen LogP contribution is 2.31. The van der Waals surface area contributed by atoms with Crippen LogP contribution in [-0.4, -0.2) is 47.8 Å². The molecule has 1 amide bonds. The number of rotatable bonds is 6. The van der Waals surface area contributed by atoms with Crippen molar-refractivity contribution in [3.05, 3.63) is 58.4 Å². The van der Waals surface area contributed by atoms with Gasteiger partial charge < -0.3 is 14.2 Å². The number of fused-ring (bicyclic) bond motifs is 1. The van der Waals surface area contributed by atoms with Crippen molar-refractivity contribution in [1.29, 1.82) is 0 Å². The van der Waals surface area contributed by atoms with Gasteiger partial charge in [0.05, 0.1) is 13.5 Å². The van der Waals surface area contributed by atoms with Crippen LogP contribution in [0.4, 0.5) is 0 Å². The van der Waals surface area contributed by atoms with Crippen molar-refractivity contribution in [1.82, 2.24) is 9.47 Å². The first-order valence-corrected chi connectivity index (χ1v) is 9.51. The second-order valence-electron chi connectivity index (χ2n) is 7.24. The quantitative estimate of drug-likeness (QED) is 0.720. The minimum Gasteiger partial charge on any atom is -0.468 e. The third-order valence-electron chi connectivity index (χ3n) is 5.39. The number of methoxy groups -OCH3 is 1. The molecule has 148 valence electrons. The number of esters is 1. The molecule has 1 aliphatic rings. The molecule has 0 bridgehead atoms. The van der Waals surface area contributed by atoms with E-state index in [2.05, 4.69) is 21.4 Å². The second kappa shape index (κ2) is 8.42. The number of hydrogen-bond acceptors (Lipinski definition) is 4. The Kier molecular flexibility index (Phi) is 5.97. The van der Waals surface area contributed by atoms with Crippen LogP contribution in [0.15, 0.2) is 30.3 Å². The predicted molar refractivity (Wildman–Crippen MR) is 105 cm³/mol. The summed E-state index contributed by atoms with van der Waals surface area (Å²) in [6.07, 6.45) is 2.29. The topological polar surface area (TPSA) is 68.6 Å². The summed E-state index contributed by atoms with van der Waals surface area (Å²) in [4.78, 5) is 38.2. The van der Waals surface area contributed by atoms with Crippen molar-refractivity contribution in [3.8, 4) is 0 Å². The van der Waals surface area contributed by atoms with Gasteiger partial charge in [0.15, 0.2) is 5.78 Å². The van der Waals surface area contributed by atoms with Gasteiger partial charge in [0.1, 0.15) is 6.54 Å². The maximum Gasteiger partial charge on any atom is 0.325 e. The highest BCUT2D eigenvalue weighted by molar-refractivity contribution is 6.01. The van der Waals surface area contributed by atoms with Crippen molar-refractivity contribution in [2.45, 2.75) is 39.2 Å². The molecule has 0 saturated heterocycles. The Labute approximate surface area is 165 Å². The fourth-order valence-corrected chi connectivity index (χ4v) is 3.81. The van der Waals surface area contributed by atoms with Crippen molar-refractivity contribution in [2.24, 2.45) is 0 Å². The number of likely N-dealkylation sites (N-methyl/N-ethyl adjacent to an activating group) is 1. The third kappa shape index (κ3) is 4.01. The van der Waals surface area contributed by atoms with Crippen molar-refractivity contribution < 1.29 is 19.1 Å². The highest BCUT2D eigenvalue weighted by Gasteiger charge is 2.29. The standard InChI is InChI=1S/C22H26N2O4/c1-15-17(12-20(26)23(2)14-21(27)28-3)22-18(10-7-11-19(22)25)24(15)13-16-8-5-4-6-9-16/h4-6,8-9H,7,10-14H2,1-3H3. The molecule has 0 atom stereocenters. The number of aromatic nitrogens is 1. The van der Waals surface area contributed by atoms with Crippen LogP contribution >= 0.6 is 0 Å². The molecule has 0 radical (unpaired) electrons. The van der Waals surface area contributed by atoms with Crippen molar-refractivity contribution in [3.63, 3.8) is 0 Å². The maximum absolute atomic E-state index is 12.7. The van der Waals surface area contributed by atoms with Gasteiger partial charge in [-0.05, 0) is 30.9 Å². The van der Waals surface area contributed by atoms with E-state index < -0.39 is 5.97 Å². The fourth-order valence-electron chi connectivity index (χ4n) is 3.81. The molecule has 1 aromatic carbocycles. The van der Waals surface area contributed by atoms with Gasteiger partial charge in [-0.1, -0.05) is 30.3 Å². The zero-order valence-corrected chi connectivity index (χ0v) is 16.7. The summed E-state index contributed by atoms with van der Waals surface area (Å²) in [5, 5.41) is 0. The lowest BCUT2D eigenvalue weighted by molar-refractivity contribution is -0.145. The summed E-state index contributed by atoms with van der Waals surface area (Å²) in [5.74, 6) is -0.562. The average Bonchev–Trinajstić information content (AvgIpc) is 2.95. The van der Waals surface area contributed by atoms with Gasteiger partial charge in [-0.25, -0.2) is 0 Å². The van der Waals surface area contributed by atoms with Crippen molar-refractivity contribution >= 4 is 17.7 Å². The maximum atomic E-state index is 12.7. The van der Waals surface area contributed by atoms with E-state index >= 15 is 0 Å². The monoisotopic (exact) mass is 382 g/mol. The van der Waals surface area contributed by atoms with Crippen LogP contribution < -0.4 is 0 Å². The minimum absolute atomic E-state index is 0.102. The zero-order chi connectivity index (χ0) is 20.3. The molecule has 0 saturated carbocycles. The number of benzene rings is 1. The van der Waals surface area contributed by atoms with Crippen LogP contribution in [0.25, 0.3) is 0 Å². The summed E-state index contributed by atoms with van der Waals surface area (Å²) in [7, 11) is 2.87. The molecule has 0 aliphatic heterocycles. The summed E-state index contributed by atoms with van der Waals surface area (Å²) < 4.78 is 6.80. The average molecular weight is 382 g/mol. The molecule has 1 heterocycles. The number of ether oxygens (including phenoxy) is 1. The summed E-state index contributed by atoms with van der Waals surface area (Å²) in [6, 6.07) is 10.1. The Morgan fingerprint density at radius 1 is 1.18 bits per heavy atom. The van der Waals surface area contributed by atoms with Crippen LogP contribution in [-0.2, 0) is 33.7 Å². The predicted octanol–water partition coefficient (Wildman–Crippen LogP) is 2.54. The normalized spacial score (nSPS) is 13.2. The lowest BCUT2D eigenvalue weighted by Crippen LogP contribution is -2.34. The largest absolute Gasteiger partial charge is 0.468 e. The van der Waals surface area contributed by atoms with Gasteiger partial charge >= 0.3 is 5.97 Å². The lowest BCUT2D eigenvalue weighted by Gasteiger charge is -2.17. The molecule has 6 heteroatoms. The second-order valence-corrected chi connectivity index (χ2v) is 7.24. The Morgan fingerprint density at radius 3 is 2.57 bits per heavy atom. The van der Waals surface area contributed by atoms with E-state index in [9.17, 15) is 14.4 Å². The number of carbonyl (C=O) groups excluding carboxylic acids is 3. The highest BCUT2D eigenvalue weighted by atomic mass is 16.5. The molecule has 3 rings (SSSR count). The lowest BCUT2D eigenvalue weighted by atomic mass is 9.92. The van der Waals surface area contributed by atoms with Gasteiger partial charge in [0.25, 0.3) is 0 Å². The molecule has 0 fully saturated rings. The smallest absolute Gasteiger partial charge is 0.325 e.